The number of benzene rings is 2. The van der Waals surface area contributed by atoms with E-state index in [1.165, 1.54) is 12.1 Å². The van der Waals surface area contributed by atoms with Gasteiger partial charge >= 0.3 is 5.97 Å². The monoisotopic (exact) mass is 317 g/mol. The largest absolute Gasteiger partial charge is 0.494 e. The summed E-state index contributed by atoms with van der Waals surface area (Å²) in [4.78, 5) is 13.1. The lowest BCUT2D eigenvalue weighted by molar-refractivity contribution is 0.0696. The maximum atomic E-state index is 12.8. The summed E-state index contributed by atoms with van der Waals surface area (Å²) in [7, 11) is 1.98. The molecular weight excluding hydrogens is 297 g/mol. The van der Waals surface area contributed by atoms with Crippen LogP contribution in [0.2, 0.25) is 0 Å². The van der Waals surface area contributed by atoms with E-state index in [1.54, 1.807) is 30.3 Å². The van der Waals surface area contributed by atoms with Crippen molar-refractivity contribution in [3.8, 4) is 5.75 Å². The van der Waals surface area contributed by atoms with E-state index < -0.39 is 5.97 Å². The molecule has 0 aliphatic heterocycles. The molecule has 0 aliphatic rings. The van der Waals surface area contributed by atoms with Crippen LogP contribution < -0.4 is 4.74 Å². The Balaban J connectivity index is 1.72. The highest BCUT2D eigenvalue weighted by molar-refractivity contribution is 5.87. The predicted octanol–water partition coefficient (Wildman–Crippen LogP) is 3.42. The van der Waals surface area contributed by atoms with Gasteiger partial charge < -0.3 is 14.7 Å². The van der Waals surface area contributed by atoms with Crippen LogP contribution in [0, 0.1) is 5.82 Å². The van der Waals surface area contributed by atoms with Crippen molar-refractivity contribution in [2.45, 2.75) is 13.0 Å². The molecular formula is C18H20FNO3. The van der Waals surface area contributed by atoms with Gasteiger partial charge in [0.15, 0.2) is 0 Å². The van der Waals surface area contributed by atoms with Crippen LogP contribution in [0.5, 0.6) is 5.75 Å². The molecule has 4 nitrogen and oxygen atoms in total. The van der Waals surface area contributed by atoms with Crippen molar-refractivity contribution in [1.82, 2.24) is 4.90 Å². The fraction of sp³-hybridized carbons (Fsp3) is 0.278. The second-order valence-electron chi connectivity index (χ2n) is 5.40. The maximum Gasteiger partial charge on any atom is 0.335 e. The topological polar surface area (TPSA) is 49.8 Å². The van der Waals surface area contributed by atoms with E-state index >= 15 is 0 Å². The van der Waals surface area contributed by atoms with Crippen LogP contribution in [-0.4, -0.2) is 36.2 Å². The average Bonchev–Trinajstić information content (AvgIpc) is 2.53. The van der Waals surface area contributed by atoms with Crippen LogP contribution in [0.25, 0.3) is 0 Å². The summed E-state index contributed by atoms with van der Waals surface area (Å²) in [6.07, 6.45) is 0.826. The van der Waals surface area contributed by atoms with Crippen molar-refractivity contribution in [1.29, 1.82) is 0 Å². The number of carboxylic acids is 1. The van der Waals surface area contributed by atoms with Crippen molar-refractivity contribution in [2.75, 3.05) is 20.2 Å². The molecule has 1 N–H and O–H groups in total. The molecule has 2 rings (SSSR count). The molecule has 23 heavy (non-hydrogen) atoms. The number of hydrogen-bond donors (Lipinski definition) is 1. The van der Waals surface area contributed by atoms with Crippen LogP contribution in [0.3, 0.4) is 0 Å². The number of carboxylic acid groups (broad SMARTS) is 1. The second-order valence-corrected chi connectivity index (χ2v) is 5.40. The zero-order valence-corrected chi connectivity index (χ0v) is 13.0. The number of carbonyl (C=O) groups is 1. The summed E-state index contributed by atoms with van der Waals surface area (Å²) >= 11 is 0. The highest BCUT2D eigenvalue weighted by Crippen LogP contribution is 2.12. The first-order valence-corrected chi connectivity index (χ1v) is 7.44. The number of ether oxygens (including phenoxy) is 1. The third-order valence-electron chi connectivity index (χ3n) is 3.39. The van der Waals surface area contributed by atoms with Gasteiger partial charge in [-0.25, -0.2) is 9.18 Å². The summed E-state index contributed by atoms with van der Waals surface area (Å²) in [5, 5.41) is 8.99. The molecule has 2 aromatic rings. The zero-order valence-electron chi connectivity index (χ0n) is 13.0. The zero-order chi connectivity index (χ0) is 16.7. The molecule has 0 amide bonds. The Labute approximate surface area is 135 Å². The van der Waals surface area contributed by atoms with Crippen molar-refractivity contribution in [2.24, 2.45) is 0 Å². The summed E-state index contributed by atoms with van der Waals surface area (Å²) in [6, 6.07) is 12.9. The quantitative estimate of drug-likeness (QED) is 0.758. The minimum Gasteiger partial charge on any atom is -0.494 e. The molecule has 0 bridgehead atoms. The number of aromatic carboxylic acids is 1. The highest BCUT2D eigenvalue weighted by Gasteiger charge is 2.05. The molecule has 0 aromatic heterocycles. The first-order valence-electron chi connectivity index (χ1n) is 7.44. The van der Waals surface area contributed by atoms with Gasteiger partial charge in [-0.1, -0.05) is 12.1 Å². The molecule has 0 saturated carbocycles. The van der Waals surface area contributed by atoms with E-state index in [1.807, 2.05) is 13.1 Å². The summed E-state index contributed by atoms with van der Waals surface area (Å²) in [6.45, 7) is 2.04. The number of hydrogen-bond acceptors (Lipinski definition) is 3. The molecule has 0 spiro atoms. The van der Waals surface area contributed by atoms with Crippen LogP contribution in [0.15, 0.2) is 48.5 Å². The lowest BCUT2D eigenvalue weighted by atomic mass is 10.1. The Morgan fingerprint density at radius 2 is 1.96 bits per heavy atom. The van der Waals surface area contributed by atoms with Gasteiger partial charge in [-0.3, -0.25) is 0 Å². The predicted molar refractivity (Wildman–Crippen MR) is 86.2 cm³/mol. The van der Waals surface area contributed by atoms with Crippen LogP contribution in [-0.2, 0) is 6.54 Å². The Morgan fingerprint density at radius 3 is 2.65 bits per heavy atom. The fourth-order valence-electron chi connectivity index (χ4n) is 2.25. The van der Waals surface area contributed by atoms with Gasteiger partial charge in [-0.05, 0) is 55.4 Å². The lowest BCUT2D eigenvalue weighted by Crippen LogP contribution is -2.21. The molecule has 5 heteroatoms. The molecule has 0 heterocycles. The smallest absolute Gasteiger partial charge is 0.335 e. The minimum absolute atomic E-state index is 0.277. The molecule has 2 aromatic carbocycles. The first-order chi connectivity index (χ1) is 11.0. The molecule has 0 aliphatic carbocycles. The van der Waals surface area contributed by atoms with E-state index in [4.69, 9.17) is 9.84 Å². The van der Waals surface area contributed by atoms with Gasteiger partial charge in [-0.2, -0.15) is 0 Å². The SMILES string of the molecule is CN(CCCOc1ccc(F)cc1)Cc1cccc(C(=O)O)c1. The Hall–Kier alpha value is -2.40. The van der Waals surface area contributed by atoms with E-state index in [0.717, 1.165) is 18.5 Å². The normalized spacial score (nSPS) is 10.7. The third kappa shape index (κ3) is 5.71. The Kier molecular flexibility index (Phi) is 6.11. The van der Waals surface area contributed by atoms with E-state index in [9.17, 15) is 9.18 Å². The van der Waals surface area contributed by atoms with Gasteiger partial charge in [0.25, 0.3) is 0 Å². The Morgan fingerprint density at radius 1 is 1.22 bits per heavy atom. The van der Waals surface area contributed by atoms with Crippen molar-refractivity contribution >= 4 is 5.97 Å². The Bertz CT molecular complexity index is 643. The highest BCUT2D eigenvalue weighted by atomic mass is 19.1. The summed E-state index contributed by atoms with van der Waals surface area (Å²) in [5.74, 6) is -0.536. The van der Waals surface area contributed by atoms with Crippen LogP contribution in [0.1, 0.15) is 22.3 Å². The number of rotatable bonds is 8. The van der Waals surface area contributed by atoms with Crippen molar-refractivity contribution < 1.29 is 19.0 Å². The van der Waals surface area contributed by atoms with Crippen molar-refractivity contribution in [3.63, 3.8) is 0 Å². The summed E-state index contributed by atoms with van der Waals surface area (Å²) in [5.41, 5.74) is 1.27. The minimum atomic E-state index is -0.915. The molecule has 0 fully saturated rings. The third-order valence-corrected chi connectivity index (χ3v) is 3.39. The van der Waals surface area contributed by atoms with Gasteiger partial charge in [0.05, 0.1) is 12.2 Å². The van der Waals surface area contributed by atoms with Crippen molar-refractivity contribution in [3.05, 3.63) is 65.5 Å². The van der Waals surface area contributed by atoms with E-state index in [0.29, 0.717) is 24.5 Å². The molecule has 122 valence electrons. The first kappa shape index (κ1) is 17.0. The van der Waals surface area contributed by atoms with Gasteiger partial charge in [0, 0.05) is 13.1 Å². The second kappa shape index (κ2) is 8.29. The van der Waals surface area contributed by atoms with Gasteiger partial charge in [0.2, 0.25) is 0 Å². The lowest BCUT2D eigenvalue weighted by Gasteiger charge is -2.17. The molecule has 0 saturated heterocycles. The molecule has 0 unspecified atom stereocenters. The fourth-order valence-corrected chi connectivity index (χ4v) is 2.25. The number of halogens is 1. The average molecular weight is 317 g/mol. The van der Waals surface area contributed by atoms with E-state index in [-0.39, 0.29) is 5.82 Å². The summed E-state index contributed by atoms with van der Waals surface area (Å²) < 4.78 is 18.3. The van der Waals surface area contributed by atoms with Crippen LogP contribution in [0.4, 0.5) is 4.39 Å². The van der Waals surface area contributed by atoms with Gasteiger partial charge in [0.1, 0.15) is 11.6 Å². The maximum absolute atomic E-state index is 12.8. The van der Waals surface area contributed by atoms with E-state index in [2.05, 4.69) is 4.90 Å². The van der Waals surface area contributed by atoms with Crippen LogP contribution >= 0.6 is 0 Å². The molecule has 0 atom stereocenters. The van der Waals surface area contributed by atoms with Gasteiger partial charge in [-0.15, -0.1) is 0 Å². The number of nitrogens with zero attached hydrogens (tertiary/aromatic N) is 1. The standard InChI is InChI=1S/C18H20FNO3/c1-20(13-14-4-2-5-15(12-14)18(21)22)10-3-11-23-17-8-6-16(19)7-9-17/h2,4-9,12H,3,10-11,13H2,1H3,(H,21,22). The molecule has 0 radical (unpaired) electrons.